The van der Waals surface area contributed by atoms with E-state index in [9.17, 15) is 0 Å². The van der Waals surface area contributed by atoms with Gasteiger partial charge in [0.15, 0.2) is 0 Å². The van der Waals surface area contributed by atoms with Gasteiger partial charge in [-0.1, -0.05) is 0 Å². The van der Waals surface area contributed by atoms with Crippen LogP contribution < -0.4 is 16.6 Å². The number of guanidine groups is 1. The summed E-state index contributed by atoms with van der Waals surface area (Å²) < 4.78 is 4.90. The minimum Gasteiger partial charge on any atom is -0.383 e. The second-order valence-electron chi connectivity index (χ2n) is 3.45. The highest BCUT2D eigenvalue weighted by molar-refractivity contribution is 5.79. The van der Waals surface area contributed by atoms with Gasteiger partial charge in [0.1, 0.15) is 0 Å². The number of hydrogen-bond donors (Lipinski definition) is 3. The Bertz CT molecular complexity index is 172. The van der Waals surface area contributed by atoms with Gasteiger partial charge in [0, 0.05) is 20.2 Å². The van der Waals surface area contributed by atoms with E-state index in [0.717, 1.165) is 19.5 Å². The van der Waals surface area contributed by atoms with Crippen molar-refractivity contribution in [3.05, 3.63) is 0 Å². The van der Waals surface area contributed by atoms with Crippen molar-refractivity contribution in [3.8, 4) is 0 Å². The molecule has 0 aromatic heterocycles. The SMILES string of the molecule is COCCNC(=NCCCN(C)C)NN. The zero-order valence-corrected chi connectivity index (χ0v) is 9.92. The lowest BCUT2D eigenvalue weighted by atomic mass is 10.4. The molecule has 0 heterocycles. The van der Waals surface area contributed by atoms with Gasteiger partial charge in [-0.05, 0) is 27.1 Å². The maximum absolute atomic E-state index is 5.30. The Hall–Kier alpha value is -0.850. The number of nitrogens with one attached hydrogen (secondary N) is 2. The van der Waals surface area contributed by atoms with Crippen molar-refractivity contribution >= 4 is 5.96 Å². The molecule has 6 heteroatoms. The molecule has 0 atom stereocenters. The third-order valence-electron chi connectivity index (χ3n) is 1.77. The Labute approximate surface area is 91.8 Å². The molecule has 15 heavy (non-hydrogen) atoms. The average Bonchev–Trinajstić information content (AvgIpc) is 2.21. The maximum Gasteiger partial charge on any atom is 0.205 e. The van der Waals surface area contributed by atoms with Crippen molar-refractivity contribution < 1.29 is 4.74 Å². The first-order chi connectivity index (χ1) is 7.20. The third kappa shape index (κ3) is 9.45. The van der Waals surface area contributed by atoms with Gasteiger partial charge < -0.3 is 15.0 Å². The quantitative estimate of drug-likeness (QED) is 0.168. The molecule has 0 aromatic carbocycles. The van der Waals surface area contributed by atoms with E-state index in [-0.39, 0.29) is 0 Å². The van der Waals surface area contributed by atoms with Crippen LogP contribution in [0.5, 0.6) is 0 Å². The van der Waals surface area contributed by atoms with Crippen LogP contribution >= 0.6 is 0 Å². The fourth-order valence-corrected chi connectivity index (χ4v) is 1.00. The van der Waals surface area contributed by atoms with Gasteiger partial charge in [-0.25, -0.2) is 5.84 Å². The highest BCUT2D eigenvalue weighted by Gasteiger charge is 1.94. The smallest absolute Gasteiger partial charge is 0.205 e. The largest absolute Gasteiger partial charge is 0.383 e. The summed E-state index contributed by atoms with van der Waals surface area (Å²) in [5.74, 6) is 5.92. The summed E-state index contributed by atoms with van der Waals surface area (Å²) in [6.45, 7) is 3.13. The zero-order valence-electron chi connectivity index (χ0n) is 9.92. The predicted molar refractivity (Wildman–Crippen MR) is 62.7 cm³/mol. The number of rotatable bonds is 7. The molecule has 4 N–H and O–H groups in total. The Morgan fingerprint density at radius 1 is 1.47 bits per heavy atom. The van der Waals surface area contributed by atoms with E-state index in [1.54, 1.807) is 7.11 Å². The molecular formula is C9H23N5O. The normalized spacial score (nSPS) is 11.9. The topological polar surface area (TPSA) is 74.9 Å². The van der Waals surface area contributed by atoms with E-state index in [0.29, 0.717) is 19.1 Å². The molecule has 0 aliphatic heterocycles. The van der Waals surface area contributed by atoms with Crippen molar-refractivity contribution in [1.82, 2.24) is 15.6 Å². The van der Waals surface area contributed by atoms with Crippen molar-refractivity contribution in [2.45, 2.75) is 6.42 Å². The molecule has 0 radical (unpaired) electrons. The molecule has 0 fully saturated rings. The Morgan fingerprint density at radius 2 is 2.20 bits per heavy atom. The molecule has 0 amide bonds. The van der Waals surface area contributed by atoms with Gasteiger partial charge in [0.05, 0.1) is 6.61 Å². The first-order valence-electron chi connectivity index (χ1n) is 5.09. The molecule has 0 saturated heterocycles. The third-order valence-corrected chi connectivity index (χ3v) is 1.77. The van der Waals surface area contributed by atoms with Crippen LogP contribution in [-0.2, 0) is 4.74 Å². The fraction of sp³-hybridized carbons (Fsp3) is 0.889. The van der Waals surface area contributed by atoms with Gasteiger partial charge in [0.25, 0.3) is 0 Å². The summed E-state index contributed by atoms with van der Waals surface area (Å²) in [5.41, 5.74) is 2.52. The molecule has 0 aromatic rings. The zero-order chi connectivity index (χ0) is 11.5. The average molecular weight is 217 g/mol. The van der Waals surface area contributed by atoms with E-state index in [1.807, 2.05) is 14.1 Å². The van der Waals surface area contributed by atoms with Gasteiger partial charge in [-0.2, -0.15) is 0 Å². The molecular weight excluding hydrogens is 194 g/mol. The summed E-state index contributed by atoms with van der Waals surface area (Å²) in [6, 6.07) is 0. The molecule has 0 bridgehead atoms. The second-order valence-corrected chi connectivity index (χ2v) is 3.45. The molecule has 6 nitrogen and oxygen atoms in total. The van der Waals surface area contributed by atoms with E-state index in [4.69, 9.17) is 10.6 Å². The van der Waals surface area contributed by atoms with Crippen molar-refractivity contribution in [2.24, 2.45) is 10.8 Å². The number of ether oxygens (including phenoxy) is 1. The standard InChI is InChI=1S/C9H23N5O/c1-14(2)7-4-5-11-9(13-10)12-6-8-15-3/h4-8,10H2,1-3H3,(H2,11,12,13). The van der Waals surface area contributed by atoms with E-state index >= 15 is 0 Å². The highest BCUT2D eigenvalue weighted by Crippen LogP contribution is 1.84. The van der Waals surface area contributed by atoms with Crippen LogP contribution in [0.4, 0.5) is 0 Å². The predicted octanol–water partition coefficient (Wildman–Crippen LogP) is -1.01. The molecule has 0 rings (SSSR count). The lowest BCUT2D eigenvalue weighted by molar-refractivity contribution is 0.203. The van der Waals surface area contributed by atoms with E-state index in [2.05, 4.69) is 20.6 Å². The van der Waals surface area contributed by atoms with Gasteiger partial charge in [-0.15, -0.1) is 0 Å². The Morgan fingerprint density at radius 3 is 2.73 bits per heavy atom. The summed E-state index contributed by atoms with van der Waals surface area (Å²) in [7, 11) is 5.75. The molecule has 0 aliphatic rings. The van der Waals surface area contributed by atoms with Crippen molar-refractivity contribution in [2.75, 3.05) is 47.4 Å². The van der Waals surface area contributed by atoms with Gasteiger partial charge in [0.2, 0.25) is 5.96 Å². The minimum absolute atomic E-state index is 0.616. The van der Waals surface area contributed by atoms with Crippen LogP contribution in [-0.4, -0.2) is 58.3 Å². The number of methoxy groups -OCH3 is 1. The van der Waals surface area contributed by atoms with Crippen LogP contribution in [0, 0.1) is 0 Å². The summed E-state index contributed by atoms with van der Waals surface area (Å²) >= 11 is 0. The fourth-order valence-electron chi connectivity index (χ4n) is 1.00. The molecule has 0 unspecified atom stereocenters. The number of nitrogens with two attached hydrogens (primary N) is 1. The van der Waals surface area contributed by atoms with Crippen molar-refractivity contribution in [1.29, 1.82) is 0 Å². The van der Waals surface area contributed by atoms with Crippen LogP contribution in [0.3, 0.4) is 0 Å². The van der Waals surface area contributed by atoms with Crippen LogP contribution in [0.2, 0.25) is 0 Å². The Kier molecular flexibility index (Phi) is 9.15. The number of hydrazine groups is 1. The molecule has 0 aliphatic carbocycles. The molecule has 90 valence electrons. The number of hydrogen-bond acceptors (Lipinski definition) is 4. The van der Waals surface area contributed by atoms with Crippen LogP contribution in [0.1, 0.15) is 6.42 Å². The van der Waals surface area contributed by atoms with E-state index < -0.39 is 0 Å². The highest BCUT2D eigenvalue weighted by atomic mass is 16.5. The first kappa shape index (κ1) is 14.2. The molecule has 0 spiro atoms. The van der Waals surface area contributed by atoms with Crippen LogP contribution in [0.25, 0.3) is 0 Å². The first-order valence-corrected chi connectivity index (χ1v) is 5.09. The molecule has 0 saturated carbocycles. The second kappa shape index (κ2) is 9.70. The van der Waals surface area contributed by atoms with Crippen molar-refractivity contribution in [3.63, 3.8) is 0 Å². The van der Waals surface area contributed by atoms with Gasteiger partial charge in [-0.3, -0.25) is 10.4 Å². The summed E-state index contributed by atoms with van der Waals surface area (Å²) in [4.78, 5) is 6.40. The lowest BCUT2D eigenvalue weighted by Gasteiger charge is -2.10. The number of aliphatic imine (C=N–C) groups is 1. The minimum atomic E-state index is 0.616. The van der Waals surface area contributed by atoms with Gasteiger partial charge >= 0.3 is 0 Å². The monoisotopic (exact) mass is 217 g/mol. The number of nitrogens with zero attached hydrogens (tertiary/aromatic N) is 2. The van der Waals surface area contributed by atoms with E-state index in [1.165, 1.54) is 0 Å². The lowest BCUT2D eigenvalue weighted by Crippen LogP contribution is -2.43. The maximum atomic E-state index is 5.30. The summed E-state index contributed by atoms with van der Waals surface area (Å²) in [5, 5.41) is 3.03. The Balaban J connectivity index is 3.59. The van der Waals surface area contributed by atoms with Crippen LogP contribution in [0.15, 0.2) is 4.99 Å². The summed E-state index contributed by atoms with van der Waals surface area (Å²) in [6.07, 6.45) is 1.02.